The van der Waals surface area contributed by atoms with E-state index in [0.717, 1.165) is 61.3 Å². The van der Waals surface area contributed by atoms with Gasteiger partial charge in [-0.05, 0) is 42.2 Å². The first kappa shape index (κ1) is 21.1. The van der Waals surface area contributed by atoms with Gasteiger partial charge in [-0.1, -0.05) is 55.7 Å². The average molecular weight is 420 g/mol. The number of benzene rings is 2. The van der Waals surface area contributed by atoms with Gasteiger partial charge in [-0.15, -0.1) is 0 Å². The van der Waals surface area contributed by atoms with Gasteiger partial charge in [-0.25, -0.2) is 5.48 Å². The summed E-state index contributed by atoms with van der Waals surface area (Å²) in [5, 5.41) is 8.57. The van der Waals surface area contributed by atoms with Crippen molar-refractivity contribution < 1.29 is 14.8 Å². The molecule has 6 nitrogen and oxygen atoms in total. The Kier molecular flexibility index (Phi) is 6.67. The summed E-state index contributed by atoms with van der Waals surface area (Å²) in [5.74, 6) is -0.0990. The normalized spacial score (nSPS) is 16.9. The minimum Gasteiger partial charge on any atom is -0.364 e. The van der Waals surface area contributed by atoms with E-state index in [4.69, 9.17) is 5.21 Å². The monoisotopic (exact) mass is 419 g/mol. The Bertz CT molecular complexity index is 949. The fourth-order valence-electron chi connectivity index (χ4n) is 4.55. The van der Waals surface area contributed by atoms with Crippen molar-refractivity contribution in [3.8, 4) is 0 Å². The van der Waals surface area contributed by atoms with Gasteiger partial charge in [0.15, 0.2) is 0 Å². The molecule has 1 aliphatic carbocycles. The highest BCUT2D eigenvalue weighted by Crippen LogP contribution is 2.36. The highest BCUT2D eigenvalue weighted by atomic mass is 16.5. The van der Waals surface area contributed by atoms with Crippen molar-refractivity contribution in [1.29, 1.82) is 0 Å². The molecule has 0 unspecified atom stereocenters. The summed E-state index contributed by atoms with van der Waals surface area (Å²) in [6, 6.07) is 16.2. The number of nitrogens with one attached hydrogen (secondary N) is 1. The number of amides is 2. The predicted molar refractivity (Wildman–Crippen MR) is 122 cm³/mol. The molecule has 1 heterocycles. The van der Waals surface area contributed by atoms with Gasteiger partial charge >= 0.3 is 0 Å². The Hall–Kier alpha value is -3.12. The number of carbonyl (C=O) groups excluding carboxylic acids is 2. The van der Waals surface area contributed by atoms with E-state index < -0.39 is 5.91 Å². The first-order valence-corrected chi connectivity index (χ1v) is 11.0. The van der Waals surface area contributed by atoms with Crippen molar-refractivity contribution in [3.63, 3.8) is 0 Å². The fraction of sp³-hybridized carbons (Fsp3) is 0.360. The largest absolute Gasteiger partial charge is 0.364 e. The van der Waals surface area contributed by atoms with Crippen LogP contribution in [0.3, 0.4) is 0 Å². The number of fused-ring (bicyclic) bond motifs is 1. The number of rotatable bonds is 5. The van der Waals surface area contributed by atoms with Crippen molar-refractivity contribution >= 4 is 29.3 Å². The van der Waals surface area contributed by atoms with Gasteiger partial charge in [0.2, 0.25) is 5.91 Å². The van der Waals surface area contributed by atoms with Gasteiger partial charge in [0, 0.05) is 31.6 Å². The van der Waals surface area contributed by atoms with Gasteiger partial charge in [0.25, 0.3) is 5.91 Å². The molecule has 0 bridgehead atoms. The number of carbonyl (C=O) groups is 2. The molecule has 2 N–H and O–H groups in total. The third-order valence-corrected chi connectivity index (χ3v) is 6.22. The van der Waals surface area contributed by atoms with E-state index in [2.05, 4.69) is 17.0 Å². The second-order valence-corrected chi connectivity index (χ2v) is 8.29. The van der Waals surface area contributed by atoms with Crippen molar-refractivity contribution in [2.24, 2.45) is 5.92 Å². The molecule has 2 aromatic rings. The van der Waals surface area contributed by atoms with Gasteiger partial charge < -0.3 is 9.80 Å². The summed E-state index contributed by atoms with van der Waals surface area (Å²) < 4.78 is 0. The molecule has 2 aromatic carbocycles. The van der Waals surface area contributed by atoms with Crippen LogP contribution in [0.1, 0.15) is 43.2 Å². The summed E-state index contributed by atoms with van der Waals surface area (Å²) >= 11 is 0. The Morgan fingerprint density at radius 1 is 0.968 bits per heavy atom. The zero-order valence-corrected chi connectivity index (χ0v) is 17.7. The number of hydrogen-bond acceptors (Lipinski definition) is 4. The Morgan fingerprint density at radius 3 is 2.39 bits per heavy atom. The molecule has 0 saturated heterocycles. The van der Waals surface area contributed by atoms with E-state index in [1.165, 1.54) is 12.5 Å². The molecule has 162 valence electrons. The van der Waals surface area contributed by atoms with Crippen LogP contribution in [0, 0.1) is 5.92 Å². The number of anilines is 2. The quantitative estimate of drug-likeness (QED) is 0.434. The zero-order chi connectivity index (χ0) is 21.6. The van der Waals surface area contributed by atoms with Gasteiger partial charge in [-0.3, -0.25) is 14.8 Å². The molecule has 1 aliphatic heterocycles. The number of hydrogen-bond donors (Lipinski definition) is 2. The Balaban J connectivity index is 1.47. The van der Waals surface area contributed by atoms with Gasteiger partial charge in [0.1, 0.15) is 0 Å². The topological polar surface area (TPSA) is 72.9 Å². The SMILES string of the molecule is O=C(C=Cc1ccc(CN2CCN(C(=O)C3CCCCC3)c3ccccc32)cc1)NO. The van der Waals surface area contributed by atoms with Gasteiger partial charge in [0.05, 0.1) is 11.4 Å². The molecular formula is C25H29N3O3. The minimum atomic E-state index is -0.554. The highest BCUT2D eigenvalue weighted by Gasteiger charge is 2.31. The standard InChI is InChI=1S/C25H29N3O3/c29-24(26-31)15-14-19-10-12-20(13-11-19)18-27-16-17-28(23-9-5-4-8-22(23)27)25(30)21-6-2-1-3-7-21/h4-5,8-15,21,31H,1-3,6-7,16-18H2,(H,26,29). The highest BCUT2D eigenvalue weighted by molar-refractivity contribution is 5.99. The molecule has 2 amide bonds. The second kappa shape index (κ2) is 9.79. The summed E-state index contributed by atoms with van der Waals surface area (Å²) in [6.07, 6.45) is 8.54. The number of hydroxylamine groups is 1. The maximum atomic E-state index is 13.2. The molecule has 0 atom stereocenters. The van der Waals surface area contributed by atoms with Crippen molar-refractivity contribution in [1.82, 2.24) is 5.48 Å². The average Bonchev–Trinajstić information content (AvgIpc) is 2.83. The van der Waals surface area contributed by atoms with Crippen LogP contribution in [0.2, 0.25) is 0 Å². The first-order valence-electron chi connectivity index (χ1n) is 11.0. The zero-order valence-electron chi connectivity index (χ0n) is 17.7. The van der Waals surface area contributed by atoms with E-state index in [1.54, 1.807) is 11.6 Å². The van der Waals surface area contributed by atoms with Crippen molar-refractivity contribution in [3.05, 3.63) is 65.7 Å². The fourth-order valence-corrected chi connectivity index (χ4v) is 4.55. The second-order valence-electron chi connectivity index (χ2n) is 8.29. The van der Waals surface area contributed by atoms with E-state index in [-0.39, 0.29) is 11.8 Å². The van der Waals surface area contributed by atoms with Crippen LogP contribution in [0.15, 0.2) is 54.6 Å². The van der Waals surface area contributed by atoms with Crippen LogP contribution in [-0.2, 0) is 16.1 Å². The van der Waals surface area contributed by atoms with Crippen LogP contribution in [-0.4, -0.2) is 30.1 Å². The Morgan fingerprint density at radius 2 is 1.68 bits per heavy atom. The molecule has 2 aliphatic rings. The van der Waals surface area contributed by atoms with Crippen molar-refractivity contribution in [2.75, 3.05) is 22.9 Å². The van der Waals surface area contributed by atoms with Crippen LogP contribution in [0.4, 0.5) is 11.4 Å². The molecule has 31 heavy (non-hydrogen) atoms. The molecule has 0 spiro atoms. The third-order valence-electron chi connectivity index (χ3n) is 6.22. The maximum Gasteiger partial charge on any atom is 0.267 e. The molecule has 6 heteroatoms. The number of para-hydroxylation sites is 2. The molecule has 1 saturated carbocycles. The van der Waals surface area contributed by atoms with Crippen molar-refractivity contribution in [2.45, 2.75) is 38.6 Å². The van der Waals surface area contributed by atoms with Crippen LogP contribution in [0.25, 0.3) is 6.08 Å². The van der Waals surface area contributed by atoms with Crippen LogP contribution < -0.4 is 15.3 Å². The lowest BCUT2D eigenvalue weighted by molar-refractivity contribution is -0.124. The van der Waals surface area contributed by atoms with Gasteiger partial charge in [-0.2, -0.15) is 0 Å². The molecular weight excluding hydrogens is 390 g/mol. The maximum absolute atomic E-state index is 13.2. The van der Waals surface area contributed by atoms with Crippen LogP contribution >= 0.6 is 0 Å². The van der Waals surface area contributed by atoms with E-state index in [9.17, 15) is 9.59 Å². The summed E-state index contributed by atoms with van der Waals surface area (Å²) in [7, 11) is 0. The molecule has 0 radical (unpaired) electrons. The first-order chi connectivity index (χ1) is 15.2. The smallest absolute Gasteiger partial charge is 0.267 e. The molecule has 4 rings (SSSR count). The lowest BCUT2D eigenvalue weighted by atomic mass is 9.88. The third kappa shape index (κ3) is 4.97. The lowest BCUT2D eigenvalue weighted by Crippen LogP contribution is -2.46. The molecule has 1 fully saturated rings. The lowest BCUT2D eigenvalue weighted by Gasteiger charge is -2.39. The summed E-state index contributed by atoms with van der Waals surface area (Å²) in [4.78, 5) is 28.7. The Labute approximate surface area is 183 Å². The summed E-state index contributed by atoms with van der Waals surface area (Å²) in [6.45, 7) is 2.26. The minimum absolute atomic E-state index is 0.168. The van der Waals surface area contributed by atoms with E-state index in [1.807, 2.05) is 41.3 Å². The molecule has 0 aromatic heterocycles. The van der Waals surface area contributed by atoms with Crippen LogP contribution in [0.5, 0.6) is 0 Å². The van der Waals surface area contributed by atoms with E-state index >= 15 is 0 Å². The summed E-state index contributed by atoms with van der Waals surface area (Å²) in [5.41, 5.74) is 5.74. The van der Waals surface area contributed by atoms with E-state index in [0.29, 0.717) is 6.54 Å². The predicted octanol–water partition coefficient (Wildman–Crippen LogP) is 4.14. The number of nitrogens with zero attached hydrogens (tertiary/aromatic N) is 2.